The van der Waals surface area contributed by atoms with Crippen molar-refractivity contribution >= 4 is 0 Å². The first-order valence-corrected chi connectivity index (χ1v) is 8.50. The van der Waals surface area contributed by atoms with Gasteiger partial charge in [-0.3, -0.25) is 4.98 Å². The van der Waals surface area contributed by atoms with E-state index in [1.54, 1.807) is 4.90 Å². The SMILES string of the molecule is CC(CC#CC[NH+]1CCCCC1c1cccnc1)OCCC#N. The maximum absolute atomic E-state index is 8.49. The average molecular weight is 312 g/mol. The van der Waals surface area contributed by atoms with Gasteiger partial charge in [-0.05, 0) is 31.8 Å². The van der Waals surface area contributed by atoms with E-state index in [0.717, 1.165) is 13.0 Å². The number of quaternary nitrogens is 1. The number of ether oxygens (including phenoxy) is 1. The van der Waals surface area contributed by atoms with Crippen molar-refractivity contribution in [2.24, 2.45) is 0 Å². The van der Waals surface area contributed by atoms with Crippen molar-refractivity contribution in [3.8, 4) is 17.9 Å². The quantitative estimate of drug-likeness (QED) is 0.645. The van der Waals surface area contributed by atoms with Crippen molar-refractivity contribution in [1.29, 1.82) is 5.26 Å². The summed E-state index contributed by atoms with van der Waals surface area (Å²) in [4.78, 5) is 5.81. The van der Waals surface area contributed by atoms with Crippen LogP contribution in [0.4, 0.5) is 0 Å². The molecule has 1 aromatic rings. The standard InChI is InChI=1S/C19H25N3O/c1-17(23-15-7-11-20)8-2-4-13-22-14-5-3-10-19(22)18-9-6-12-21-16-18/h6,9,12,16-17,19H,3,5,7-8,10,13-15H2,1H3/p+1. The third kappa shape index (κ3) is 6.02. The highest BCUT2D eigenvalue weighted by atomic mass is 16.5. The molecule has 1 aromatic heterocycles. The van der Waals surface area contributed by atoms with E-state index in [2.05, 4.69) is 29.0 Å². The van der Waals surface area contributed by atoms with E-state index in [9.17, 15) is 0 Å². The molecule has 0 amide bonds. The van der Waals surface area contributed by atoms with Crippen LogP contribution in [-0.4, -0.2) is 30.8 Å². The van der Waals surface area contributed by atoms with E-state index in [-0.39, 0.29) is 6.10 Å². The fraction of sp³-hybridized carbons (Fsp3) is 0.579. The summed E-state index contributed by atoms with van der Waals surface area (Å²) in [5.41, 5.74) is 1.33. The zero-order valence-electron chi connectivity index (χ0n) is 13.9. The first-order chi connectivity index (χ1) is 11.3. The largest absolute Gasteiger partial charge is 0.376 e. The second-order valence-corrected chi connectivity index (χ2v) is 6.07. The number of hydrogen-bond acceptors (Lipinski definition) is 3. The fourth-order valence-electron chi connectivity index (χ4n) is 3.03. The molecule has 4 heteroatoms. The molecule has 2 heterocycles. The number of pyridine rings is 1. The Kier molecular flexibility index (Phi) is 7.60. The summed E-state index contributed by atoms with van der Waals surface area (Å²) in [7, 11) is 0. The fourth-order valence-corrected chi connectivity index (χ4v) is 3.03. The van der Waals surface area contributed by atoms with Gasteiger partial charge in [-0.25, -0.2) is 0 Å². The molecular formula is C19H26N3O+. The summed E-state index contributed by atoms with van der Waals surface area (Å²) in [6.07, 6.45) is 8.89. The number of hydrogen-bond donors (Lipinski definition) is 1. The number of nitrogens with one attached hydrogen (secondary N) is 1. The third-order valence-electron chi connectivity index (χ3n) is 4.27. The highest BCUT2D eigenvalue weighted by molar-refractivity contribution is 5.12. The summed E-state index contributed by atoms with van der Waals surface area (Å²) in [5.74, 6) is 6.56. The van der Waals surface area contributed by atoms with Crippen LogP contribution in [0, 0.1) is 23.2 Å². The van der Waals surface area contributed by atoms with Crippen molar-refractivity contribution in [3.05, 3.63) is 30.1 Å². The van der Waals surface area contributed by atoms with Gasteiger partial charge in [-0.1, -0.05) is 12.0 Å². The molecule has 0 spiro atoms. The summed E-state index contributed by atoms with van der Waals surface area (Å²) < 4.78 is 5.52. The van der Waals surface area contributed by atoms with E-state index in [1.807, 2.05) is 25.4 Å². The molecular weight excluding hydrogens is 286 g/mol. The Balaban J connectivity index is 1.81. The number of rotatable bonds is 6. The molecule has 1 N–H and O–H groups in total. The maximum Gasteiger partial charge on any atom is 0.139 e. The van der Waals surface area contributed by atoms with Crippen molar-refractivity contribution < 1.29 is 9.64 Å². The zero-order chi connectivity index (χ0) is 16.3. The summed E-state index contributed by atoms with van der Waals surface area (Å²) in [5, 5.41) is 8.49. The molecule has 1 aliphatic rings. The van der Waals surface area contributed by atoms with Gasteiger partial charge in [-0.15, -0.1) is 0 Å². The smallest absolute Gasteiger partial charge is 0.139 e. The van der Waals surface area contributed by atoms with Gasteiger partial charge in [0.25, 0.3) is 0 Å². The number of aromatic nitrogens is 1. The maximum atomic E-state index is 8.49. The molecule has 3 atom stereocenters. The van der Waals surface area contributed by atoms with Gasteiger partial charge in [0.1, 0.15) is 12.6 Å². The van der Waals surface area contributed by atoms with E-state index in [4.69, 9.17) is 10.00 Å². The van der Waals surface area contributed by atoms with Crippen LogP contribution in [0.15, 0.2) is 24.5 Å². The molecule has 0 radical (unpaired) electrons. The van der Waals surface area contributed by atoms with Gasteiger partial charge < -0.3 is 9.64 Å². The molecule has 0 aliphatic carbocycles. The molecule has 0 bridgehead atoms. The van der Waals surface area contributed by atoms with Crippen molar-refractivity contribution in [3.63, 3.8) is 0 Å². The second-order valence-electron chi connectivity index (χ2n) is 6.07. The lowest BCUT2D eigenvalue weighted by Gasteiger charge is -2.31. The predicted molar refractivity (Wildman–Crippen MR) is 89.6 cm³/mol. The summed E-state index contributed by atoms with van der Waals surface area (Å²) in [6, 6.07) is 6.81. The third-order valence-corrected chi connectivity index (χ3v) is 4.27. The number of nitriles is 1. The van der Waals surface area contributed by atoms with E-state index < -0.39 is 0 Å². The first kappa shape index (κ1) is 17.5. The van der Waals surface area contributed by atoms with Gasteiger partial charge >= 0.3 is 0 Å². The first-order valence-electron chi connectivity index (χ1n) is 8.50. The van der Waals surface area contributed by atoms with Crippen LogP contribution in [0.3, 0.4) is 0 Å². The Labute approximate surface area is 139 Å². The Bertz CT molecular complexity index is 555. The van der Waals surface area contributed by atoms with Crippen molar-refractivity contribution in [2.45, 2.75) is 51.2 Å². The van der Waals surface area contributed by atoms with E-state index in [0.29, 0.717) is 19.1 Å². The molecule has 0 saturated carbocycles. The highest BCUT2D eigenvalue weighted by Crippen LogP contribution is 2.18. The van der Waals surface area contributed by atoms with Crippen LogP contribution < -0.4 is 4.90 Å². The van der Waals surface area contributed by atoms with Gasteiger partial charge in [0.05, 0.1) is 31.7 Å². The van der Waals surface area contributed by atoms with Crippen LogP contribution in [0.2, 0.25) is 0 Å². The Hall–Kier alpha value is -1.88. The van der Waals surface area contributed by atoms with Crippen LogP contribution >= 0.6 is 0 Å². The molecule has 0 aromatic carbocycles. The van der Waals surface area contributed by atoms with E-state index in [1.165, 1.54) is 31.4 Å². The van der Waals surface area contributed by atoms with Crippen molar-refractivity contribution in [2.75, 3.05) is 19.7 Å². The average Bonchev–Trinajstić information content (AvgIpc) is 2.60. The molecule has 23 heavy (non-hydrogen) atoms. The molecule has 4 nitrogen and oxygen atoms in total. The van der Waals surface area contributed by atoms with Gasteiger partial charge in [0.2, 0.25) is 0 Å². The molecule has 2 rings (SSSR count). The minimum absolute atomic E-state index is 0.0985. The lowest BCUT2D eigenvalue weighted by molar-refractivity contribution is -0.930. The minimum atomic E-state index is 0.0985. The van der Waals surface area contributed by atoms with Gasteiger partial charge in [0, 0.05) is 30.8 Å². The minimum Gasteiger partial charge on any atom is -0.376 e. The van der Waals surface area contributed by atoms with Crippen LogP contribution in [0.1, 0.15) is 50.6 Å². The molecule has 1 fully saturated rings. The topological polar surface area (TPSA) is 50.4 Å². The molecule has 122 valence electrons. The molecule has 1 aliphatic heterocycles. The highest BCUT2D eigenvalue weighted by Gasteiger charge is 2.26. The van der Waals surface area contributed by atoms with Gasteiger partial charge in [-0.2, -0.15) is 5.26 Å². The van der Waals surface area contributed by atoms with E-state index >= 15 is 0 Å². The van der Waals surface area contributed by atoms with Gasteiger partial charge in [0.15, 0.2) is 0 Å². The van der Waals surface area contributed by atoms with Crippen molar-refractivity contribution in [1.82, 2.24) is 4.98 Å². The number of nitrogens with zero attached hydrogens (tertiary/aromatic N) is 2. The molecule has 1 saturated heterocycles. The normalized spacial score (nSPS) is 21.7. The molecule has 3 unspecified atom stereocenters. The predicted octanol–water partition coefficient (Wildman–Crippen LogP) is 1.90. The van der Waals surface area contributed by atoms with Crippen LogP contribution in [0.5, 0.6) is 0 Å². The zero-order valence-corrected chi connectivity index (χ0v) is 13.9. The van der Waals surface area contributed by atoms with Crippen LogP contribution in [-0.2, 0) is 4.74 Å². The Morgan fingerprint density at radius 2 is 2.35 bits per heavy atom. The summed E-state index contributed by atoms with van der Waals surface area (Å²) in [6.45, 7) is 4.57. The Morgan fingerprint density at radius 3 is 3.13 bits per heavy atom. The lowest BCUT2D eigenvalue weighted by Crippen LogP contribution is -3.13. The van der Waals surface area contributed by atoms with Crippen LogP contribution in [0.25, 0.3) is 0 Å². The number of likely N-dealkylation sites (tertiary alicyclic amines) is 1. The Morgan fingerprint density at radius 1 is 1.43 bits per heavy atom. The summed E-state index contributed by atoms with van der Waals surface area (Å²) >= 11 is 0. The lowest BCUT2D eigenvalue weighted by atomic mass is 9.96. The monoisotopic (exact) mass is 312 g/mol. The second kappa shape index (κ2) is 10.0. The number of piperidine rings is 1.